The zero-order valence-corrected chi connectivity index (χ0v) is 16.5. The molecule has 154 valence electrons. The number of halogens is 1. The molecule has 1 aromatic carbocycles. The third kappa shape index (κ3) is 4.73. The maximum absolute atomic E-state index is 14.0. The summed E-state index contributed by atoms with van der Waals surface area (Å²) in [7, 11) is 0. The summed E-state index contributed by atoms with van der Waals surface area (Å²) in [4.78, 5) is 25.2. The van der Waals surface area contributed by atoms with Crippen LogP contribution in [0.4, 0.5) is 14.9 Å². The van der Waals surface area contributed by atoms with E-state index in [9.17, 15) is 19.1 Å². The molecule has 0 unspecified atom stereocenters. The van der Waals surface area contributed by atoms with E-state index < -0.39 is 23.6 Å². The highest BCUT2D eigenvalue weighted by molar-refractivity contribution is 5.94. The minimum Gasteiger partial charge on any atom is -0.493 e. The van der Waals surface area contributed by atoms with Crippen LogP contribution in [0.25, 0.3) is 0 Å². The lowest BCUT2D eigenvalue weighted by Gasteiger charge is -2.36. The number of aliphatic hydroxyl groups is 1. The van der Waals surface area contributed by atoms with Crippen molar-refractivity contribution in [2.45, 2.75) is 51.7 Å². The number of β-amino-alcohol motifs (C(OH)–C–C–N with tert-alkyl or cyclic N) is 1. The molecule has 2 aliphatic rings. The first kappa shape index (κ1) is 20.4. The van der Waals surface area contributed by atoms with Gasteiger partial charge in [-0.2, -0.15) is 0 Å². The number of benzene rings is 1. The molecule has 7 nitrogen and oxygen atoms in total. The first-order valence-corrected chi connectivity index (χ1v) is 9.54. The van der Waals surface area contributed by atoms with Gasteiger partial charge < -0.3 is 24.8 Å². The van der Waals surface area contributed by atoms with Gasteiger partial charge in [-0.3, -0.25) is 4.79 Å². The van der Waals surface area contributed by atoms with E-state index in [1.165, 1.54) is 11.0 Å². The van der Waals surface area contributed by atoms with E-state index >= 15 is 0 Å². The maximum Gasteiger partial charge on any atom is 0.410 e. The van der Waals surface area contributed by atoms with Gasteiger partial charge in [-0.1, -0.05) is 0 Å². The van der Waals surface area contributed by atoms with Gasteiger partial charge in [0.25, 0.3) is 0 Å². The number of anilines is 1. The summed E-state index contributed by atoms with van der Waals surface area (Å²) in [6.07, 6.45) is 0.0875. The van der Waals surface area contributed by atoms with Crippen LogP contribution < -0.4 is 10.1 Å². The summed E-state index contributed by atoms with van der Waals surface area (Å²) in [5, 5.41) is 13.0. The first-order valence-electron chi connectivity index (χ1n) is 9.54. The van der Waals surface area contributed by atoms with E-state index in [-0.39, 0.29) is 37.1 Å². The maximum atomic E-state index is 14.0. The predicted octanol–water partition coefficient (Wildman–Crippen LogP) is 2.71. The molecule has 3 rings (SSSR count). The Bertz CT molecular complexity index is 762. The van der Waals surface area contributed by atoms with Gasteiger partial charge in [0.05, 0.1) is 24.9 Å². The van der Waals surface area contributed by atoms with Crippen LogP contribution >= 0.6 is 0 Å². The van der Waals surface area contributed by atoms with Crippen molar-refractivity contribution in [2.24, 2.45) is 5.92 Å². The fourth-order valence-electron chi connectivity index (χ4n) is 3.42. The summed E-state index contributed by atoms with van der Waals surface area (Å²) in [6.45, 7) is 6.29. The number of nitrogens with zero attached hydrogens (tertiary/aromatic N) is 1. The highest BCUT2D eigenvalue weighted by Crippen LogP contribution is 2.34. The number of ether oxygens (including phenoxy) is 2. The summed E-state index contributed by atoms with van der Waals surface area (Å²) >= 11 is 0. The number of amides is 2. The lowest BCUT2D eigenvalue weighted by atomic mass is 9.95. The Morgan fingerprint density at radius 1 is 1.36 bits per heavy atom. The molecule has 1 fully saturated rings. The van der Waals surface area contributed by atoms with E-state index in [1.54, 1.807) is 26.8 Å². The molecule has 0 spiro atoms. The number of likely N-dealkylation sites (tertiary alicyclic amines) is 1. The van der Waals surface area contributed by atoms with Crippen LogP contribution in [-0.2, 0) is 16.0 Å². The Balaban J connectivity index is 1.59. The summed E-state index contributed by atoms with van der Waals surface area (Å²) in [6, 6.07) is 2.81. The minimum absolute atomic E-state index is 0.155. The van der Waals surface area contributed by atoms with Gasteiger partial charge in [0.1, 0.15) is 17.2 Å². The fraction of sp³-hybridized carbons (Fsp3) is 0.600. The highest BCUT2D eigenvalue weighted by Gasteiger charge is 2.33. The number of piperidine rings is 1. The van der Waals surface area contributed by atoms with Crippen molar-refractivity contribution in [3.05, 3.63) is 23.5 Å². The second-order valence-corrected chi connectivity index (χ2v) is 8.30. The molecule has 0 aliphatic carbocycles. The Labute approximate surface area is 163 Å². The Morgan fingerprint density at radius 3 is 2.79 bits per heavy atom. The summed E-state index contributed by atoms with van der Waals surface area (Å²) in [5.74, 6) is -0.342. The molecule has 2 aliphatic heterocycles. The van der Waals surface area contributed by atoms with E-state index in [0.29, 0.717) is 30.7 Å². The molecular formula is C20H27FN2O5. The third-order valence-electron chi connectivity index (χ3n) is 4.91. The second kappa shape index (κ2) is 7.95. The van der Waals surface area contributed by atoms with E-state index in [2.05, 4.69) is 5.32 Å². The minimum atomic E-state index is -0.739. The van der Waals surface area contributed by atoms with Crippen LogP contribution in [0.5, 0.6) is 5.75 Å². The summed E-state index contributed by atoms with van der Waals surface area (Å²) < 4.78 is 25.2. The summed E-state index contributed by atoms with van der Waals surface area (Å²) in [5.41, 5.74) is 0.230. The number of carbonyl (C=O) groups excluding carboxylic acids is 2. The van der Waals surface area contributed by atoms with Gasteiger partial charge in [-0.05, 0) is 45.7 Å². The molecule has 0 bridgehead atoms. The number of rotatable bonds is 3. The van der Waals surface area contributed by atoms with Crippen LogP contribution in [0.1, 0.15) is 39.2 Å². The zero-order chi connectivity index (χ0) is 20.5. The Hall–Kier alpha value is -2.35. The largest absolute Gasteiger partial charge is 0.493 e. The molecule has 2 atom stereocenters. The van der Waals surface area contributed by atoms with Crippen LogP contribution in [-0.4, -0.2) is 53.4 Å². The van der Waals surface area contributed by atoms with Gasteiger partial charge in [0.15, 0.2) is 0 Å². The second-order valence-electron chi connectivity index (χ2n) is 8.30. The molecule has 8 heteroatoms. The number of fused-ring (bicyclic) bond motifs is 1. The molecule has 28 heavy (non-hydrogen) atoms. The van der Waals surface area contributed by atoms with Crippen molar-refractivity contribution in [2.75, 3.05) is 25.0 Å². The predicted molar refractivity (Wildman–Crippen MR) is 101 cm³/mol. The molecule has 2 N–H and O–H groups in total. The van der Waals surface area contributed by atoms with Gasteiger partial charge in [0, 0.05) is 24.4 Å². The van der Waals surface area contributed by atoms with Crippen molar-refractivity contribution in [3.8, 4) is 5.75 Å². The van der Waals surface area contributed by atoms with Crippen molar-refractivity contribution in [3.63, 3.8) is 0 Å². The highest BCUT2D eigenvalue weighted by atomic mass is 19.1. The number of hydrogen-bond donors (Lipinski definition) is 2. The molecule has 2 amide bonds. The monoisotopic (exact) mass is 394 g/mol. The van der Waals surface area contributed by atoms with E-state index in [0.717, 1.165) is 0 Å². The smallest absolute Gasteiger partial charge is 0.410 e. The molecular weight excluding hydrogens is 367 g/mol. The molecule has 0 saturated carbocycles. The van der Waals surface area contributed by atoms with Gasteiger partial charge in [0.2, 0.25) is 5.91 Å². The number of carbonyl (C=O) groups is 2. The lowest BCUT2D eigenvalue weighted by Crippen LogP contribution is -2.49. The molecule has 2 heterocycles. The van der Waals surface area contributed by atoms with Crippen LogP contribution in [0.15, 0.2) is 12.1 Å². The van der Waals surface area contributed by atoms with Crippen LogP contribution in [0.2, 0.25) is 0 Å². The normalized spacial score (nSPS) is 22.3. The van der Waals surface area contributed by atoms with Gasteiger partial charge >= 0.3 is 6.09 Å². The Kier molecular flexibility index (Phi) is 5.79. The SMILES string of the molecule is CC(C)(C)OC(=O)N1CC[C@@H](COc2ccc(F)c3c2CCC(=O)N3)[C@H](O)C1. The molecule has 1 saturated heterocycles. The third-order valence-corrected chi connectivity index (χ3v) is 4.91. The van der Waals surface area contributed by atoms with Crippen LogP contribution in [0.3, 0.4) is 0 Å². The molecule has 1 aromatic rings. The average molecular weight is 394 g/mol. The van der Waals surface area contributed by atoms with Gasteiger partial charge in [-0.25, -0.2) is 9.18 Å². The van der Waals surface area contributed by atoms with E-state index in [4.69, 9.17) is 9.47 Å². The van der Waals surface area contributed by atoms with Crippen molar-refractivity contribution in [1.82, 2.24) is 4.90 Å². The number of aliphatic hydroxyl groups excluding tert-OH is 1. The topological polar surface area (TPSA) is 88.1 Å². The van der Waals surface area contributed by atoms with E-state index in [1.807, 2.05) is 0 Å². The van der Waals surface area contributed by atoms with Crippen molar-refractivity contribution >= 4 is 17.7 Å². The first-order chi connectivity index (χ1) is 13.1. The van der Waals surface area contributed by atoms with Crippen molar-refractivity contribution < 1.29 is 28.6 Å². The lowest BCUT2D eigenvalue weighted by molar-refractivity contribution is -0.116. The number of hydrogen-bond acceptors (Lipinski definition) is 5. The number of nitrogens with one attached hydrogen (secondary N) is 1. The Morgan fingerprint density at radius 2 is 2.11 bits per heavy atom. The fourth-order valence-corrected chi connectivity index (χ4v) is 3.42. The van der Waals surface area contributed by atoms with Gasteiger partial charge in [-0.15, -0.1) is 0 Å². The zero-order valence-electron chi connectivity index (χ0n) is 16.5. The standard InChI is InChI=1S/C20H27FN2O5/c1-20(2,3)28-19(26)23-9-8-12(15(24)10-23)11-27-16-6-5-14(21)18-13(16)4-7-17(25)22-18/h5-6,12,15,24H,4,7-11H2,1-3H3,(H,22,25)/t12-,15+/m0/s1. The van der Waals surface area contributed by atoms with Crippen LogP contribution in [0, 0.1) is 11.7 Å². The quantitative estimate of drug-likeness (QED) is 0.823. The average Bonchev–Trinajstić information content (AvgIpc) is 2.61. The van der Waals surface area contributed by atoms with Crippen molar-refractivity contribution in [1.29, 1.82) is 0 Å². The molecule has 0 aromatic heterocycles. The molecule has 0 radical (unpaired) electrons.